The number of carbonyl (C=O) groups excluding carboxylic acids is 1. The summed E-state index contributed by atoms with van der Waals surface area (Å²) in [5.41, 5.74) is 0.890. The number of carboxylic acids is 1. The number of aliphatic carboxylic acids is 1. The summed E-state index contributed by atoms with van der Waals surface area (Å²) >= 11 is 1.61. The fraction of sp³-hybridized carbons (Fsp3) is 0.429. The van der Waals surface area contributed by atoms with E-state index in [1.165, 1.54) is 0 Å². The topological polar surface area (TPSA) is 75.6 Å². The van der Waals surface area contributed by atoms with Crippen molar-refractivity contribution in [2.24, 2.45) is 0 Å². The van der Waals surface area contributed by atoms with Crippen LogP contribution >= 0.6 is 11.8 Å². The Balaban J connectivity index is 2.38. The average molecular weight is 297 g/mol. The largest absolute Gasteiger partial charge is 0.481 e. The number of nitrogens with one attached hydrogen (secondary N) is 1. The fourth-order valence-corrected chi connectivity index (χ4v) is 2.15. The third-order valence-corrected chi connectivity index (χ3v) is 3.27. The second-order valence-corrected chi connectivity index (χ2v) is 5.27. The molecule has 2 N–H and O–H groups in total. The van der Waals surface area contributed by atoms with Gasteiger partial charge in [0.25, 0.3) is 0 Å². The zero-order valence-corrected chi connectivity index (χ0v) is 12.2. The van der Waals surface area contributed by atoms with Crippen LogP contribution < -0.4 is 5.32 Å². The van der Waals surface area contributed by atoms with E-state index in [1.807, 2.05) is 36.6 Å². The van der Waals surface area contributed by atoms with Gasteiger partial charge in [0, 0.05) is 6.04 Å². The first kappa shape index (κ1) is 16.4. The zero-order chi connectivity index (χ0) is 14.8. The lowest BCUT2D eigenvalue weighted by molar-refractivity contribution is -0.137. The quantitative estimate of drug-likeness (QED) is 0.771. The van der Waals surface area contributed by atoms with Crippen LogP contribution in [0.25, 0.3) is 0 Å². The number of rotatable bonds is 8. The van der Waals surface area contributed by atoms with Gasteiger partial charge in [-0.3, -0.25) is 4.79 Å². The summed E-state index contributed by atoms with van der Waals surface area (Å²) in [6.07, 6.45) is 1.86. The lowest BCUT2D eigenvalue weighted by Gasteiger charge is -2.16. The predicted molar refractivity (Wildman–Crippen MR) is 78.8 cm³/mol. The molecule has 0 saturated carbocycles. The molecular formula is C14H19NO4S. The van der Waals surface area contributed by atoms with Crippen molar-refractivity contribution in [3.63, 3.8) is 0 Å². The molecule has 110 valence electrons. The van der Waals surface area contributed by atoms with Crippen LogP contribution in [0.1, 0.15) is 18.4 Å². The molecule has 0 aliphatic rings. The fourth-order valence-electron chi connectivity index (χ4n) is 1.63. The van der Waals surface area contributed by atoms with Crippen molar-refractivity contribution in [1.29, 1.82) is 0 Å². The zero-order valence-electron chi connectivity index (χ0n) is 11.4. The van der Waals surface area contributed by atoms with Crippen molar-refractivity contribution in [2.75, 3.05) is 12.0 Å². The van der Waals surface area contributed by atoms with E-state index in [0.29, 0.717) is 6.42 Å². The first-order chi connectivity index (χ1) is 9.61. The van der Waals surface area contributed by atoms with Crippen LogP contribution in [-0.4, -0.2) is 35.2 Å². The summed E-state index contributed by atoms with van der Waals surface area (Å²) in [6, 6.07) is 8.92. The number of carbonyl (C=O) groups is 2. The molecule has 1 aromatic rings. The van der Waals surface area contributed by atoms with E-state index in [0.717, 1.165) is 11.3 Å². The van der Waals surface area contributed by atoms with E-state index >= 15 is 0 Å². The first-order valence-electron chi connectivity index (χ1n) is 6.29. The molecule has 0 unspecified atom stereocenters. The standard InChI is InChI=1S/C14H19NO4S/c1-20-8-7-12(9-13(16)17)15-14(18)19-10-11-5-3-2-4-6-11/h2-6,12H,7-10H2,1H3,(H,15,18)(H,16,17)/t12-/m0/s1. The number of ether oxygens (including phenoxy) is 1. The van der Waals surface area contributed by atoms with Gasteiger partial charge in [0.15, 0.2) is 0 Å². The van der Waals surface area contributed by atoms with Crippen LogP contribution in [0.4, 0.5) is 4.79 Å². The minimum absolute atomic E-state index is 0.0962. The molecule has 0 fully saturated rings. The molecule has 1 aromatic carbocycles. The van der Waals surface area contributed by atoms with Gasteiger partial charge in [-0.25, -0.2) is 4.79 Å². The predicted octanol–water partition coefficient (Wildman–Crippen LogP) is 2.51. The maximum atomic E-state index is 11.6. The van der Waals surface area contributed by atoms with Gasteiger partial charge in [0.2, 0.25) is 0 Å². The normalized spacial score (nSPS) is 11.7. The van der Waals surface area contributed by atoms with Crippen molar-refractivity contribution in [2.45, 2.75) is 25.5 Å². The van der Waals surface area contributed by atoms with Gasteiger partial charge in [0.05, 0.1) is 6.42 Å². The van der Waals surface area contributed by atoms with Gasteiger partial charge in [-0.2, -0.15) is 11.8 Å². The third-order valence-electron chi connectivity index (χ3n) is 2.63. The summed E-state index contributed by atoms with van der Waals surface area (Å²) in [4.78, 5) is 22.4. The van der Waals surface area contributed by atoms with Crippen LogP contribution in [0, 0.1) is 0 Å². The van der Waals surface area contributed by atoms with Gasteiger partial charge in [-0.05, 0) is 24.0 Å². The van der Waals surface area contributed by atoms with Crippen LogP contribution in [0.3, 0.4) is 0 Å². The highest BCUT2D eigenvalue weighted by Gasteiger charge is 2.16. The molecule has 1 rings (SSSR count). The summed E-state index contributed by atoms with van der Waals surface area (Å²) < 4.78 is 5.07. The smallest absolute Gasteiger partial charge is 0.407 e. The Morgan fingerprint density at radius 3 is 2.65 bits per heavy atom. The Kier molecular flexibility index (Phi) is 7.57. The van der Waals surface area contributed by atoms with E-state index in [9.17, 15) is 9.59 Å². The molecule has 1 atom stereocenters. The van der Waals surface area contributed by atoms with Crippen LogP contribution in [0.15, 0.2) is 30.3 Å². The third kappa shape index (κ3) is 7.04. The summed E-state index contributed by atoms with van der Waals surface area (Å²) in [5, 5.41) is 11.4. The maximum absolute atomic E-state index is 11.6. The molecule has 5 nitrogen and oxygen atoms in total. The minimum atomic E-state index is -0.931. The van der Waals surface area contributed by atoms with E-state index in [-0.39, 0.29) is 13.0 Å². The van der Waals surface area contributed by atoms with Crippen molar-refractivity contribution in [3.05, 3.63) is 35.9 Å². The number of hydrogen-bond donors (Lipinski definition) is 2. The van der Waals surface area contributed by atoms with E-state index in [1.54, 1.807) is 11.8 Å². The van der Waals surface area contributed by atoms with Crippen molar-refractivity contribution in [3.8, 4) is 0 Å². The maximum Gasteiger partial charge on any atom is 0.407 e. The highest BCUT2D eigenvalue weighted by molar-refractivity contribution is 7.98. The molecule has 0 bridgehead atoms. The van der Waals surface area contributed by atoms with Crippen molar-refractivity contribution < 1.29 is 19.4 Å². The van der Waals surface area contributed by atoms with Crippen LogP contribution in [0.2, 0.25) is 0 Å². The number of amides is 1. The Labute approximate surface area is 122 Å². The lowest BCUT2D eigenvalue weighted by Crippen LogP contribution is -2.37. The Morgan fingerprint density at radius 2 is 2.05 bits per heavy atom. The van der Waals surface area contributed by atoms with Gasteiger partial charge in [-0.1, -0.05) is 30.3 Å². The lowest BCUT2D eigenvalue weighted by atomic mass is 10.1. The van der Waals surface area contributed by atoms with Gasteiger partial charge in [0.1, 0.15) is 6.61 Å². The molecule has 6 heteroatoms. The summed E-state index contributed by atoms with van der Waals surface area (Å²) in [6.45, 7) is 0.176. The molecule has 20 heavy (non-hydrogen) atoms. The SMILES string of the molecule is CSCC[C@@H](CC(=O)O)NC(=O)OCc1ccccc1. The summed E-state index contributed by atoms with van der Waals surface area (Å²) in [7, 11) is 0. The minimum Gasteiger partial charge on any atom is -0.481 e. The second kappa shape index (κ2) is 9.25. The van der Waals surface area contributed by atoms with Crippen molar-refractivity contribution in [1.82, 2.24) is 5.32 Å². The highest BCUT2D eigenvalue weighted by Crippen LogP contribution is 2.06. The van der Waals surface area contributed by atoms with E-state index < -0.39 is 18.1 Å². The highest BCUT2D eigenvalue weighted by atomic mass is 32.2. The van der Waals surface area contributed by atoms with Crippen LogP contribution in [-0.2, 0) is 16.1 Å². The second-order valence-electron chi connectivity index (χ2n) is 4.28. The molecule has 0 aliphatic carbocycles. The van der Waals surface area contributed by atoms with Gasteiger partial charge < -0.3 is 15.2 Å². The van der Waals surface area contributed by atoms with Crippen molar-refractivity contribution >= 4 is 23.8 Å². The summed E-state index contributed by atoms with van der Waals surface area (Å²) in [5.74, 6) is -0.142. The van der Waals surface area contributed by atoms with Gasteiger partial charge >= 0.3 is 12.1 Å². The molecule has 0 aliphatic heterocycles. The monoisotopic (exact) mass is 297 g/mol. The molecular weight excluding hydrogens is 278 g/mol. The molecule has 1 amide bonds. The number of benzene rings is 1. The number of hydrogen-bond acceptors (Lipinski definition) is 4. The number of carboxylic acid groups (broad SMARTS) is 1. The molecule has 0 aromatic heterocycles. The average Bonchev–Trinajstić information content (AvgIpc) is 2.43. The van der Waals surface area contributed by atoms with Crippen LogP contribution in [0.5, 0.6) is 0 Å². The van der Waals surface area contributed by atoms with Gasteiger partial charge in [-0.15, -0.1) is 0 Å². The number of thioether (sulfide) groups is 1. The van der Waals surface area contributed by atoms with E-state index in [2.05, 4.69) is 5.32 Å². The molecule has 0 radical (unpaired) electrons. The van der Waals surface area contributed by atoms with E-state index in [4.69, 9.17) is 9.84 Å². The molecule has 0 saturated heterocycles. The Hall–Kier alpha value is -1.69. The number of alkyl carbamates (subject to hydrolysis) is 1. The Morgan fingerprint density at radius 1 is 1.35 bits per heavy atom. The molecule has 0 heterocycles. The Bertz CT molecular complexity index is 424. The first-order valence-corrected chi connectivity index (χ1v) is 7.69. The molecule has 0 spiro atoms.